The molecule has 3 nitrogen and oxygen atoms in total. The summed E-state index contributed by atoms with van der Waals surface area (Å²) in [5.41, 5.74) is 1.14. The third kappa shape index (κ3) is 5.15. The van der Waals surface area contributed by atoms with Crippen LogP contribution in [0.15, 0.2) is 12.4 Å². The van der Waals surface area contributed by atoms with Crippen LogP contribution in [0.1, 0.15) is 70.9 Å². The van der Waals surface area contributed by atoms with Crippen LogP contribution in [-0.4, -0.2) is 41.6 Å². The number of rotatable bonds is 11. The molecule has 1 aliphatic rings. The van der Waals surface area contributed by atoms with E-state index in [1.54, 1.807) is 0 Å². The molecule has 1 aromatic heterocycles. The zero-order valence-electron chi connectivity index (χ0n) is 15.3. The van der Waals surface area contributed by atoms with Crippen LogP contribution >= 0.6 is 0 Å². The van der Waals surface area contributed by atoms with Gasteiger partial charge in [0.15, 0.2) is 0 Å². The second-order valence-electron chi connectivity index (χ2n) is 7.15. The number of ether oxygens (including phenoxy) is 1. The minimum absolute atomic E-state index is 0.489. The molecule has 130 valence electrons. The zero-order chi connectivity index (χ0) is 16.5. The van der Waals surface area contributed by atoms with Crippen molar-refractivity contribution < 1.29 is 4.74 Å². The van der Waals surface area contributed by atoms with Crippen molar-refractivity contribution in [2.75, 3.05) is 13.2 Å². The van der Waals surface area contributed by atoms with Crippen molar-refractivity contribution in [2.45, 2.75) is 78.5 Å². The molecule has 0 aromatic carbocycles. The average Bonchev–Trinajstić information content (AvgIpc) is 2.54. The fraction of sp³-hybridized carbons (Fsp3) is 0.789. The molecular weight excluding hydrogens is 391 g/mol. The van der Waals surface area contributed by atoms with E-state index in [1.807, 2.05) is 0 Å². The van der Waals surface area contributed by atoms with Crippen LogP contribution in [-0.2, 0) is 4.74 Å². The van der Waals surface area contributed by atoms with Gasteiger partial charge in [0.1, 0.15) is 0 Å². The van der Waals surface area contributed by atoms with Crippen LogP contribution in [0, 0.1) is 0 Å². The molecule has 4 heteroatoms. The van der Waals surface area contributed by atoms with E-state index in [1.165, 1.54) is 55.5 Å². The monoisotopic (exact) mass is 426 g/mol. The Bertz CT molecular complexity index is 423. The summed E-state index contributed by atoms with van der Waals surface area (Å²) in [6.07, 6.45) is 12.3. The Kier molecular flexibility index (Phi) is 8.31. The Labute approximate surface area is 146 Å². The van der Waals surface area contributed by atoms with Crippen molar-refractivity contribution in [2.24, 2.45) is 0 Å². The molecule has 0 radical (unpaired) electrons. The van der Waals surface area contributed by atoms with E-state index < -0.39 is 18.4 Å². The number of unbranched alkanes of at least 4 members (excludes halogenated alkanes) is 3. The standard InChI is InChI=1S/C7H7N2O.3C4H9.Sn/c1-2-9-7(3-8-1)6-4-10-5-6;3*1-3-4-2;/h2-3,6H,4-5H2;3*1,3-4H2,2H3;. The molecule has 0 unspecified atom stereocenters. The van der Waals surface area contributed by atoms with E-state index >= 15 is 0 Å². The van der Waals surface area contributed by atoms with Gasteiger partial charge in [-0.2, -0.15) is 0 Å². The molecule has 23 heavy (non-hydrogen) atoms. The number of hydrogen-bond donors (Lipinski definition) is 0. The first-order chi connectivity index (χ1) is 11.3. The normalized spacial score (nSPS) is 15.6. The Morgan fingerprint density at radius 1 is 0.913 bits per heavy atom. The van der Waals surface area contributed by atoms with Gasteiger partial charge in [-0.15, -0.1) is 0 Å². The summed E-state index contributed by atoms with van der Waals surface area (Å²) in [6, 6.07) is 0. The fourth-order valence-corrected chi connectivity index (χ4v) is 18.6. The molecule has 0 aliphatic carbocycles. The predicted octanol–water partition coefficient (Wildman–Crippen LogP) is 4.65. The Balaban J connectivity index is 2.20. The van der Waals surface area contributed by atoms with E-state index in [0.717, 1.165) is 18.9 Å². The third-order valence-electron chi connectivity index (χ3n) is 5.30. The van der Waals surface area contributed by atoms with E-state index in [-0.39, 0.29) is 0 Å². The number of nitrogens with zero attached hydrogens (tertiary/aromatic N) is 2. The first-order valence-electron chi connectivity index (χ1n) is 9.66. The predicted molar refractivity (Wildman–Crippen MR) is 100 cm³/mol. The van der Waals surface area contributed by atoms with Crippen molar-refractivity contribution >= 4 is 22.1 Å². The number of aromatic nitrogens is 2. The molecule has 0 N–H and O–H groups in total. The molecule has 0 spiro atoms. The van der Waals surface area contributed by atoms with Gasteiger partial charge in [0.05, 0.1) is 0 Å². The summed E-state index contributed by atoms with van der Waals surface area (Å²) in [5.74, 6) is 0.489. The SMILES string of the molecule is CCC[CH2][Sn]([CH2]CCC)([CH2]CCC)[c]1cnc(C2COC2)cn1. The minimum atomic E-state index is -2.37. The Morgan fingerprint density at radius 2 is 1.48 bits per heavy atom. The van der Waals surface area contributed by atoms with Crippen LogP contribution in [0.4, 0.5) is 0 Å². The van der Waals surface area contributed by atoms with Crippen molar-refractivity contribution in [1.29, 1.82) is 0 Å². The topological polar surface area (TPSA) is 35.0 Å². The van der Waals surface area contributed by atoms with E-state index in [0.29, 0.717) is 5.92 Å². The molecule has 1 fully saturated rings. The number of hydrogen-bond acceptors (Lipinski definition) is 3. The Morgan fingerprint density at radius 3 is 1.83 bits per heavy atom. The first-order valence-corrected chi connectivity index (χ1v) is 17.1. The molecule has 1 aliphatic heterocycles. The van der Waals surface area contributed by atoms with Crippen molar-refractivity contribution in [3.05, 3.63) is 18.1 Å². The average molecular weight is 425 g/mol. The second kappa shape index (κ2) is 9.97. The van der Waals surface area contributed by atoms with Crippen LogP contribution in [0.3, 0.4) is 0 Å². The van der Waals surface area contributed by atoms with Crippen molar-refractivity contribution in [3.8, 4) is 0 Å². The van der Waals surface area contributed by atoms with Crippen molar-refractivity contribution in [1.82, 2.24) is 9.97 Å². The molecule has 2 rings (SSSR count). The van der Waals surface area contributed by atoms with Gasteiger partial charge in [0, 0.05) is 0 Å². The van der Waals surface area contributed by atoms with Gasteiger partial charge in [0.2, 0.25) is 0 Å². The van der Waals surface area contributed by atoms with Crippen LogP contribution in [0.5, 0.6) is 0 Å². The summed E-state index contributed by atoms with van der Waals surface area (Å²) < 4.78 is 11.1. The fourth-order valence-electron chi connectivity index (χ4n) is 3.53. The zero-order valence-corrected chi connectivity index (χ0v) is 18.2. The second-order valence-corrected chi connectivity index (χ2v) is 20.2. The Hall–Kier alpha value is -0.161. The maximum absolute atomic E-state index is 5.29. The third-order valence-corrected chi connectivity index (χ3v) is 20.4. The van der Waals surface area contributed by atoms with Gasteiger partial charge in [-0.05, 0) is 0 Å². The first kappa shape index (κ1) is 19.2. The molecule has 0 atom stereocenters. The summed E-state index contributed by atoms with van der Waals surface area (Å²) >= 11 is -2.37. The maximum atomic E-state index is 5.29. The van der Waals surface area contributed by atoms with Gasteiger partial charge >= 0.3 is 147 Å². The van der Waals surface area contributed by atoms with Gasteiger partial charge in [0.25, 0.3) is 0 Å². The van der Waals surface area contributed by atoms with Gasteiger partial charge in [-0.3, -0.25) is 0 Å². The molecule has 0 bridgehead atoms. The summed E-state index contributed by atoms with van der Waals surface area (Å²) in [6.45, 7) is 8.61. The summed E-state index contributed by atoms with van der Waals surface area (Å²) in [7, 11) is 0. The van der Waals surface area contributed by atoms with E-state index in [2.05, 4.69) is 33.2 Å². The summed E-state index contributed by atoms with van der Waals surface area (Å²) in [4.78, 5) is 9.79. The van der Waals surface area contributed by atoms with Gasteiger partial charge in [-0.25, -0.2) is 0 Å². The van der Waals surface area contributed by atoms with Crippen LogP contribution in [0.25, 0.3) is 0 Å². The molecule has 2 heterocycles. The summed E-state index contributed by atoms with van der Waals surface area (Å²) in [5, 5.41) is 0. The molecule has 1 saturated heterocycles. The van der Waals surface area contributed by atoms with Crippen LogP contribution < -0.4 is 3.71 Å². The van der Waals surface area contributed by atoms with Gasteiger partial charge < -0.3 is 0 Å². The molecule has 0 saturated carbocycles. The quantitative estimate of drug-likeness (QED) is 0.485. The van der Waals surface area contributed by atoms with E-state index in [9.17, 15) is 0 Å². The van der Waals surface area contributed by atoms with Crippen LogP contribution in [0.2, 0.25) is 13.3 Å². The molecular formula is C19H34N2OSn. The van der Waals surface area contributed by atoms with Crippen molar-refractivity contribution in [3.63, 3.8) is 0 Å². The molecule has 0 amide bonds. The van der Waals surface area contributed by atoms with E-state index in [4.69, 9.17) is 14.7 Å². The van der Waals surface area contributed by atoms with Gasteiger partial charge in [-0.1, -0.05) is 0 Å². The molecule has 1 aromatic rings.